The third-order valence-electron chi connectivity index (χ3n) is 5.27. The Balaban J connectivity index is 1.52. The summed E-state index contributed by atoms with van der Waals surface area (Å²) in [6.07, 6.45) is 7.07. The first-order valence-electron chi connectivity index (χ1n) is 9.36. The molecule has 5 rings (SSSR count). The van der Waals surface area contributed by atoms with Crippen molar-refractivity contribution in [2.24, 2.45) is 0 Å². The van der Waals surface area contributed by atoms with Crippen LogP contribution in [0, 0.1) is 6.92 Å². The first-order chi connectivity index (χ1) is 13.7. The number of amides is 1. The number of anilines is 1. The smallest absolute Gasteiger partial charge is 0.227 e. The van der Waals surface area contributed by atoms with Gasteiger partial charge in [0.05, 0.1) is 0 Å². The SMILES string of the molecule is Cc1[nH]nc2nccc(-c3cncc(-c4ccc(N5CCCC5=O)cc4)c3)c12. The van der Waals surface area contributed by atoms with Crippen molar-refractivity contribution < 1.29 is 4.79 Å². The molecule has 1 saturated heterocycles. The summed E-state index contributed by atoms with van der Waals surface area (Å²) in [4.78, 5) is 22.6. The van der Waals surface area contributed by atoms with Gasteiger partial charge in [-0.15, -0.1) is 0 Å². The Morgan fingerprint density at radius 2 is 1.86 bits per heavy atom. The quantitative estimate of drug-likeness (QED) is 0.589. The largest absolute Gasteiger partial charge is 0.312 e. The molecule has 1 aromatic carbocycles. The van der Waals surface area contributed by atoms with Crippen LogP contribution >= 0.6 is 0 Å². The Bertz CT molecular complexity index is 1180. The molecule has 0 saturated carbocycles. The van der Waals surface area contributed by atoms with Gasteiger partial charge in [0.1, 0.15) is 0 Å². The molecule has 6 heteroatoms. The highest BCUT2D eigenvalue weighted by atomic mass is 16.2. The third kappa shape index (κ3) is 2.74. The van der Waals surface area contributed by atoms with Crippen LogP contribution in [0.4, 0.5) is 5.69 Å². The molecule has 0 bridgehead atoms. The molecule has 0 atom stereocenters. The van der Waals surface area contributed by atoms with E-state index in [0.717, 1.165) is 52.0 Å². The molecule has 1 N–H and O–H groups in total. The van der Waals surface area contributed by atoms with E-state index in [-0.39, 0.29) is 5.91 Å². The summed E-state index contributed by atoms with van der Waals surface area (Å²) in [7, 11) is 0. The molecular formula is C22H19N5O. The first kappa shape index (κ1) is 16.6. The maximum atomic E-state index is 11.9. The Morgan fingerprint density at radius 3 is 2.64 bits per heavy atom. The lowest BCUT2D eigenvalue weighted by molar-refractivity contribution is -0.117. The molecule has 3 aromatic heterocycles. The van der Waals surface area contributed by atoms with Gasteiger partial charge in [-0.05, 0) is 48.7 Å². The van der Waals surface area contributed by atoms with E-state index in [4.69, 9.17) is 0 Å². The predicted molar refractivity (Wildman–Crippen MR) is 109 cm³/mol. The Kier molecular flexibility index (Phi) is 3.90. The van der Waals surface area contributed by atoms with Gasteiger partial charge in [0.25, 0.3) is 0 Å². The van der Waals surface area contributed by atoms with E-state index in [0.29, 0.717) is 12.1 Å². The summed E-state index contributed by atoms with van der Waals surface area (Å²) in [6.45, 7) is 2.80. The van der Waals surface area contributed by atoms with E-state index in [2.05, 4.69) is 26.2 Å². The second-order valence-electron chi connectivity index (χ2n) is 7.06. The molecule has 6 nitrogen and oxygen atoms in total. The summed E-state index contributed by atoms with van der Waals surface area (Å²) in [5.41, 5.74) is 6.84. The average Bonchev–Trinajstić information content (AvgIpc) is 3.34. The lowest BCUT2D eigenvalue weighted by Crippen LogP contribution is -2.23. The fourth-order valence-corrected chi connectivity index (χ4v) is 3.84. The molecule has 1 amide bonds. The second kappa shape index (κ2) is 6.56. The van der Waals surface area contributed by atoms with Crippen LogP contribution in [0.5, 0.6) is 0 Å². The molecule has 1 aliphatic heterocycles. The number of fused-ring (bicyclic) bond motifs is 1. The van der Waals surface area contributed by atoms with Crippen molar-refractivity contribution in [2.75, 3.05) is 11.4 Å². The van der Waals surface area contributed by atoms with Crippen LogP contribution < -0.4 is 4.90 Å². The van der Waals surface area contributed by atoms with E-state index >= 15 is 0 Å². The molecule has 4 heterocycles. The van der Waals surface area contributed by atoms with Crippen LogP contribution in [0.3, 0.4) is 0 Å². The minimum absolute atomic E-state index is 0.202. The molecule has 0 spiro atoms. The van der Waals surface area contributed by atoms with Crippen LogP contribution in [0.2, 0.25) is 0 Å². The number of benzene rings is 1. The number of carbonyl (C=O) groups excluding carboxylic acids is 1. The zero-order chi connectivity index (χ0) is 19.1. The maximum absolute atomic E-state index is 11.9. The van der Waals surface area contributed by atoms with Crippen LogP contribution in [-0.2, 0) is 4.79 Å². The molecule has 4 aromatic rings. The molecule has 28 heavy (non-hydrogen) atoms. The van der Waals surface area contributed by atoms with Crippen LogP contribution in [0.1, 0.15) is 18.5 Å². The number of aromatic nitrogens is 4. The average molecular weight is 369 g/mol. The van der Waals surface area contributed by atoms with Crippen molar-refractivity contribution >= 4 is 22.6 Å². The molecule has 0 aliphatic carbocycles. The topological polar surface area (TPSA) is 74.8 Å². The number of nitrogens with one attached hydrogen (secondary N) is 1. The fraction of sp³-hybridized carbons (Fsp3) is 0.182. The monoisotopic (exact) mass is 369 g/mol. The molecular weight excluding hydrogens is 350 g/mol. The fourth-order valence-electron chi connectivity index (χ4n) is 3.84. The van der Waals surface area contributed by atoms with Crippen LogP contribution in [0.25, 0.3) is 33.3 Å². The lowest BCUT2D eigenvalue weighted by atomic mass is 10.00. The number of pyridine rings is 2. The maximum Gasteiger partial charge on any atom is 0.227 e. The van der Waals surface area contributed by atoms with Gasteiger partial charge in [0.15, 0.2) is 5.65 Å². The highest BCUT2D eigenvalue weighted by Crippen LogP contribution is 2.32. The van der Waals surface area contributed by atoms with Gasteiger partial charge < -0.3 is 4.90 Å². The number of hydrogen-bond donors (Lipinski definition) is 1. The Hall–Kier alpha value is -3.54. The minimum Gasteiger partial charge on any atom is -0.312 e. The first-order valence-corrected chi connectivity index (χ1v) is 9.36. The highest BCUT2D eigenvalue weighted by Gasteiger charge is 2.21. The van der Waals surface area contributed by atoms with E-state index in [1.165, 1.54) is 0 Å². The van der Waals surface area contributed by atoms with Crippen molar-refractivity contribution in [1.29, 1.82) is 0 Å². The van der Waals surface area contributed by atoms with Gasteiger partial charge in [-0.1, -0.05) is 12.1 Å². The Morgan fingerprint density at radius 1 is 1.04 bits per heavy atom. The summed E-state index contributed by atoms with van der Waals surface area (Å²) in [6, 6.07) is 12.2. The number of H-pyrrole nitrogens is 1. The Labute approximate surface area is 162 Å². The molecule has 0 radical (unpaired) electrons. The molecule has 0 unspecified atom stereocenters. The van der Waals surface area contributed by atoms with Crippen molar-refractivity contribution in [2.45, 2.75) is 19.8 Å². The zero-order valence-corrected chi connectivity index (χ0v) is 15.5. The van der Waals surface area contributed by atoms with Crippen molar-refractivity contribution in [1.82, 2.24) is 20.2 Å². The number of nitrogens with zero attached hydrogens (tertiary/aromatic N) is 4. The van der Waals surface area contributed by atoms with E-state index in [9.17, 15) is 4.79 Å². The van der Waals surface area contributed by atoms with Crippen LogP contribution in [-0.4, -0.2) is 32.6 Å². The number of hydrogen-bond acceptors (Lipinski definition) is 4. The van der Waals surface area contributed by atoms with Gasteiger partial charge in [-0.3, -0.25) is 14.9 Å². The van der Waals surface area contributed by atoms with Crippen LogP contribution in [0.15, 0.2) is 55.0 Å². The van der Waals surface area contributed by atoms with Gasteiger partial charge in [0.2, 0.25) is 5.91 Å². The highest BCUT2D eigenvalue weighted by molar-refractivity contribution is 5.96. The zero-order valence-electron chi connectivity index (χ0n) is 15.5. The van der Waals surface area contributed by atoms with Gasteiger partial charge in [0, 0.05) is 59.5 Å². The predicted octanol–water partition coefficient (Wildman–Crippen LogP) is 4.12. The third-order valence-corrected chi connectivity index (χ3v) is 5.27. The van der Waals surface area contributed by atoms with Crippen molar-refractivity contribution in [3.63, 3.8) is 0 Å². The summed E-state index contributed by atoms with van der Waals surface area (Å²) < 4.78 is 0. The number of aryl methyl sites for hydroxylation is 1. The number of carbonyl (C=O) groups is 1. The van der Waals surface area contributed by atoms with Gasteiger partial charge in [-0.2, -0.15) is 5.10 Å². The van der Waals surface area contributed by atoms with Gasteiger partial charge >= 0.3 is 0 Å². The summed E-state index contributed by atoms with van der Waals surface area (Å²) in [5, 5.41) is 8.27. The van der Waals surface area contributed by atoms with Crippen molar-refractivity contribution in [3.05, 3.63) is 60.7 Å². The summed E-state index contributed by atoms with van der Waals surface area (Å²) in [5.74, 6) is 0.202. The second-order valence-corrected chi connectivity index (χ2v) is 7.06. The molecule has 1 fully saturated rings. The van der Waals surface area contributed by atoms with E-state index in [1.807, 2.05) is 54.5 Å². The van der Waals surface area contributed by atoms with E-state index < -0.39 is 0 Å². The van der Waals surface area contributed by atoms with Gasteiger partial charge in [-0.25, -0.2) is 4.98 Å². The lowest BCUT2D eigenvalue weighted by Gasteiger charge is -2.16. The van der Waals surface area contributed by atoms with Crippen molar-refractivity contribution in [3.8, 4) is 22.3 Å². The number of rotatable bonds is 3. The summed E-state index contributed by atoms with van der Waals surface area (Å²) >= 11 is 0. The normalized spacial score (nSPS) is 14.2. The van der Waals surface area contributed by atoms with E-state index in [1.54, 1.807) is 6.20 Å². The minimum atomic E-state index is 0.202. The standard InChI is InChI=1S/C22H19N5O/c1-14-21-19(8-9-24-22(21)26-25-14)17-11-16(12-23-13-17)15-4-6-18(7-5-15)27-10-2-3-20(27)28/h4-9,11-13H,2-3,10H2,1H3,(H,24,25,26). The molecule has 138 valence electrons. The molecule has 1 aliphatic rings. The number of aromatic amines is 1.